The molecule has 1 aliphatic heterocycles. The minimum absolute atomic E-state index is 0. The number of benzene rings is 2. The summed E-state index contributed by atoms with van der Waals surface area (Å²) in [6.45, 7) is 4.15. The monoisotopic (exact) mass is 416 g/mol. The Bertz CT molecular complexity index is 811. The van der Waals surface area contributed by atoms with Gasteiger partial charge in [0.2, 0.25) is 5.91 Å². The molecule has 29 heavy (non-hydrogen) atoms. The van der Waals surface area contributed by atoms with Crippen molar-refractivity contribution >= 4 is 30.0 Å². The summed E-state index contributed by atoms with van der Waals surface area (Å²) >= 11 is 0. The summed E-state index contributed by atoms with van der Waals surface area (Å²) in [4.78, 5) is 24.0. The van der Waals surface area contributed by atoms with Gasteiger partial charge in [-0.15, -0.1) is 12.4 Å². The van der Waals surface area contributed by atoms with E-state index in [1.165, 1.54) is 11.1 Å². The molecule has 0 aliphatic carbocycles. The summed E-state index contributed by atoms with van der Waals surface area (Å²) in [6.07, 6.45) is 2.23. The Balaban J connectivity index is 0.00000300. The fourth-order valence-electron chi connectivity index (χ4n) is 3.36. The third-order valence-electron chi connectivity index (χ3n) is 4.83. The lowest BCUT2D eigenvalue weighted by molar-refractivity contribution is -0.120. The molecule has 6 nitrogen and oxygen atoms in total. The van der Waals surface area contributed by atoms with E-state index in [2.05, 4.69) is 39.5 Å². The SMILES string of the molecule is CCCNC(=O)Nc1ccc(CC(=O)NCC2NCCc3ccccc32)cc1.Cl. The maximum absolute atomic E-state index is 12.3. The van der Waals surface area contributed by atoms with Crippen molar-refractivity contribution in [2.75, 3.05) is 25.0 Å². The Kier molecular flexibility index (Phi) is 8.96. The summed E-state index contributed by atoms with van der Waals surface area (Å²) in [5, 5.41) is 12.0. The van der Waals surface area contributed by atoms with Gasteiger partial charge in [-0.05, 0) is 48.2 Å². The van der Waals surface area contributed by atoms with Crippen molar-refractivity contribution in [2.24, 2.45) is 0 Å². The summed E-state index contributed by atoms with van der Waals surface area (Å²) in [5.74, 6) is -0.00810. The molecule has 4 N–H and O–H groups in total. The molecule has 0 fully saturated rings. The molecule has 2 aromatic carbocycles. The van der Waals surface area contributed by atoms with E-state index in [9.17, 15) is 9.59 Å². The van der Waals surface area contributed by atoms with Crippen LogP contribution in [-0.2, 0) is 17.6 Å². The Morgan fingerprint density at radius 1 is 1.07 bits per heavy atom. The number of urea groups is 1. The number of hydrogen-bond donors (Lipinski definition) is 4. The Hall–Kier alpha value is -2.57. The molecule has 0 radical (unpaired) electrons. The first-order valence-electron chi connectivity index (χ1n) is 9.87. The van der Waals surface area contributed by atoms with Gasteiger partial charge in [0.1, 0.15) is 0 Å². The highest BCUT2D eigenvalue weighted by molar-refractivity contribution is 5.89. The number of fused-ring (bicyclic) bond motifs is 1. The van der Waals surface area contributed by atoms with Gasteiger partial charge in [0, 0.05) is 24.8 Å². The van der Waals surface area contributed by atoms with Gasteiger partial charge in [-0.2, -0.15) is 0 Å². The molecule has 0 saturated heterocycles. The van der Waals surface area contributed by atoms with Crippen molar-refractivity contribution in [1.82, 2.24) is 16.0 Å². The molecule has 0 saturated carbocycles. The fourth-order valence-corrected chi connectivity index (χ4v) is 3.36. The normalized spacial score (nSPS) is 14.9. The van der Waals surface area contributed by atoms with Gasteiger partial charge in [0.05, 0.1) is 6.42 Å². The fraction of sp³-hybridized carbons (Fsp3) is 0.364. The van der Waals surface area contributed by atoms with Crippen molar-refractivity contribution in [3.8, 4) is 0 Å². The molecular formula is C22H29ClN4O2. The molecule has 7 heteroatoms. The summed E-state index contributed by atoms with van der Waals surface area (Å²) in [6, 6.07) is 15.7. The number of carbonyl (C=O) groups excluding carboxylic acids is 2. The topological polar surface area (TPSA) is 82.3 Å². The number of nitrogens with one attached hydrogen (secondary N) is 4. The van der Waals surface area contributed by atoms with E-state index in [1.807, 2.05) is 37.3 Å². The molecular weight excluding hydrogens is 388 g/mol. The molecule has 1 atom stereocenters. The zero-order valence-electron chi connectivity index (χ0n) is 16.7. The molecule has 0 spiro atoms. The Morgan fingerprint density at radius 3 is 2.59 bits per heavy atom. The van der Waals surface area contributed by atoms with Crippen LogP contribution in [0.1, 0.15) is 36.1 Å². The second-order valence-electron chi connectivity index (χ2n) is 7.01. The van der Waals surface area contributed by atoms with Crippen LogP contribution in [0.4, 0.5) is 10.5 Å². The molecule has 1 aliphatic rings. The van der Waals surface area contributed by atoms with Gasteiger partial charge < -0.3 is 21.3 Å². The third-order valence-corrected chi connectivity index (χ3v) is 4.83. The van der Waals surface area contributed by atoms with Crippen LogP contribution in [0.25, 0.3) is 0 Å². The van der Waals surface area contributed by atoms with Gasteiger partial charge in [0.25, 0.3) is 0 Å². The number of amides is 3. The van der Waals surface area contributed by atoms with Gasteiger partial charge in [0.15, 0.2) is 0 Å². The van der Waals surface area contributed by atoms with Crippen molar-refractivity contribution < 1.29 is 9.59 Å². The van der Waals surface area contributed by atoms with Crippen LogP contribution in [0.2, 0.25) is 0 Å². The van der Waals surface area contributed by atoms with Crippen LogP contribution in [-0.4, -0.2) is 31.6 Å². The lowest BCUT2D eigenvalue weighted by Gasteiger charge is -2.27. The molecule has 0 bridgehead atoms. The first-order chi connectivity index (χ1) is 13.7. The smallest absolute Gasteiger partial charge is 0.319 e. The van der Waals surface area contributed by atoms with Crippen LogP contribution < -0.4 is 21.3 Å². The highest BCUT2D eigenvalue weighted by Crippen LogP contribution is 2.21. The van der Waals surface area contributed by atoms with Crippen LogP contribution in [0.5, 0.6) is 0 Å². The van der Waals surface area contributed by atoms with E-state index in [0.29, 0.717) is 25.2 Å². The minimum Gasteiger partial charge on any atom is -0.354 e. The van der Waals surface area contributed by atoms with Gasteiger partial charge >= 0.3 is 6.03 Å². The zero-order valence-corrected chi connectivity index (χ0v) is 17.5. The molecule has 3 amide bonds. The third kappa shape index (κ3) is 6.76. The number of carbonyl (C=O) groups is 2. The first kappa shape index (κ1) is 22.7. The molecule has 0 aromatic heterocycles. The van der Waals surface area contributed by atoms with Crippen molar-refractivity contribution in [3.05, 3.63) is 65.2 Å². The molecule has 1 unspecified atom stereocenters. The standard InChI is InChI=1S/C22H28N4O2.ClH/c1-2-12-24-22(28)26-18-9-7-16(8-10-18)14-21(27)25-15-20-19-6-4-3-5-17(19)11-13-23-20;/h3-10,20,23H,2,11-15H2,1H3,(H,25,27)(H2,24,26,28);1H. The van der Waals surface area contributed by atoms with Crippen LogP contribution in [0.15, 0.2) is 48.5 Å². The quantitative estimate of drug-likeness (QED) is 0.559. The predicted molar refractivity (Wildman–Crippen MR) is 119 cm³/mol. The second kappa shape index (κ2) is 11.4. The number of halogens is 1. The van der Waals surface area contributed by atoms with Gasteiger partial charge in [-0.1, -0.05) is 43.3 Å². The summed E-state index contributed by atoms with van der Waals surface area (Å²) < 4.78 is 0. The zero-order chi connectivity index (χ0) is 19.8. The largest absolute Gasteiger partial charge is 0.354 e. The Morgan fingerprint density at radius 2 is 1.83 bits per heavy atom. The van der Waals surface area contributed by atoms with Crippen LogP contribution >= 0.6 is 12.4 Å². The molecule has 1 heterocycles. The maximum atomic E-state index is 12.3. The van der Waals surface area contributed by atoms with Gasteiger partial charge in [-0.3, -0.25) is 4.79 Å². The number of hydrogen-bond acceptors (Lipinski definition) is 3. The number of anilines is 1. The lowest BCUT2D eigenvalue weighted by atomic mass is 9.94. The minimum atomic E-state index is -0.215. The highest BCUT2D eigenvalue weighted by Gasteiger charge is 2.19. The van der Waals surface area contributed by atoms with E-state index in [1.54, 1.807) is 0 Å². The summed E-state index contributed by atoms with van der Waals surface area (Å²) in [7, 11) is 0. The molecule has 2 aromatic rings. The second-order valence-corrected chi connectivity index (χ2v) is 7.01. The van der Waals surface area contributed by atoms with E-state index in [4.69, 9.17) is 0 Å². The van der Waals surface area contributed by atoms with Crippen LogP contribution in [0, 0.1) is 0 Å². The lowest BCUT2D eigenvalue weighted by Crippen LogP contribution is -2.39. The Labute approximate surface area is 178 Å². The van der Waals surface area contributed by atoms with E-state index >= 15 is 0 Å². The first-order valence-corrected chi connectivity index (χ1v) is 9.87. The maximum Gasteiger partial charge on any atom is 0.319 e. The molecule has 3 rings (SSSR count). The average Bonchev–Trinajstić information content (AvgIpc) is 2.72. The van der Waals surface area contributed by atoms with E-state index < -0.39 is 0 Å². The van der Waals surface area contributed by atoms with Crippen molar-refractivity contribution in [2.45, 2.75) is 32.2 Å². The van der Waals surface area contributed by atoms with E-state index in [0.717, 1.165) is 24.9 Å². The summed E-state index contributed by atoms with van der Waals surface area (Å²) in [5.41, 5.74) is 4.24. The average molecular weight is 417 g/mol. The number of rotatable bonds is 7. The van der Waals surface area contributed by atoms with Crippen molar-refractivity contribution in [3.63, 3.8) is 0 Å². The van der Waals surface area contributed by atoms with Crippen molar-refractivity contribution in [1.29, 1.82) is 0 Å². The van der Waals surface area contributed by atoms with Crippen LogP contribution in [0.3, 0.4) is 0 Å². The predicted octanol–water partition coefficient (Wildman–Crippen LogP) is 3.19. The molecule has 156 valence electrons. The highest BCUT2D eigenvalue weighted by atomic mass is 35.5. The van der Waals surface area contributed by atoms with Gasteiger partial charge in [-0.25, -0.2) is 4.79 Å². The van der Waals surface area contributed by atoms with E-state index in [-0.39, 0.29) is 30.4 Å².